The average molecular weight is 248 g/mol. The van der Waals surface area contributed by atoms with Gasteiger partial charge in [-0.3, -0.25) is 9.89 Å². The third kappa shape index (κ3) is 2.17. The Morgan fingerprint density at radius 3 is 3.06 bits per heavy atom. The molecule has 18 heavy (non-hydrogen) atoms. The first kappa shape index (κ1) is 12.1. The van der Waals surface area contributed by atoms with Crippen molar-refractivity contribution in [3.63, 3.8) is 0 Å². The number of nitrogen functional groups attached to an aromatic ring is 1. The highest BCUT2D eigenvalue weighted by atomic mass is 19.1. The second-order valence-electron chi connectivity index (χ2n) is 3.78. The second-order valence-corrected chi connectivity index (χ2v) is 3.78. The summed E-state index contributed by atoms with van der Waals surface area (Å²) in [7, 11) is 0. The van der Waals surface area contributed by atoms with Crippen LogP contribution < -0.4 is 11.1 Å². The number of para-hydroxylation sites is 1. The summed E-state index contributed by atoms with van der Waals surface area (Å²) in [6.45, 7) is 1.94. The van der Waals surface area contributed by atoms with Crippen molar-refractivity contribution in [3.05, 3.63) is 41.3 Å². The first-order valence-electron chi connectivity index (χ1n) is 5.51. The maximum absolute atomic E-state index is 13.2. The molecule has 2 rings (SSSR count). The number of rotatable bonds is 3. The number of hydrogen-bond donors (Lipinski definition) is 3. The number of hydrogen-bond acceptors (Lipinski definition) is 3. The highest BCUT2D eigenvalue weighted by Crippen LogP contribution is 2.18. The fourth-order valence-electron chi connectivity index (χ4n) is 1.60. The van der Waals surface area contributed by atoms with E-state index in [1.165, 1.54) is 18.2 Å². The lowest BCUT2D eigenvalue weighted by molar-refractivity contribution is 0.102. The van der Waals surface area contributed by atoms with E-state index in [9.17, 15) is 9.18 Å². The number of benzene rings is 1. The summed E-state index contributed by atoms with van der Waals surface area (Å²) < 4.78 is 13.2. The van der Waals surface area contributed by atoms with Crippen LogP contribution in [0.15, 0.2) is 24.4 Å². The summed E-state index contributed by atoms with van der Waals surface area (Å²) in [5.74, 6) is -0.569. The van der Waals surface area contributed by atoms with Crippen LogP contribution in [-0.2, 0) is 6.42 Å². The van der Waals surface area contributed by atoms with E-state index in [1.807, 2.05) is 6.92 Å². The number of amides is 1. The molecule has 0 aliphatic heterocycles. The van der Waals surface area contributed by atoms with Gasteiger partial charge in [0.1, 0.15) is 11.6 Å². The van der Waals surface area contributed by atoms with E-state index in [0.717, 1.165) is 12.0 Å². The van der Waals surface area contributed by atoms with Crippen molar-refractivity contribution in [3.8, 4) is 0 Å². The van der Waals surface area contributed by atoms with Gasteiger partial charge >= 0.3 is 0 Å². The second kappa shape index (κ2) is 4.87. The minimum absolute atomic E-state index is 0.103. The van der Waals surface area contributed by atoms with Gasteiger partial charge in [-0.05, 0) is 18.6 Å². The van der Waals surface area contributed by atoms with E-state index in [0.29, 0.717) is 5.82 Å². The van der Waals surface area contributed by atoms with Crippen LogP contribution in [0.25, 0.3) is 0 Å². The van der Waals surface area contributed by atoms with Gasteiger partial charge in [-0.2, -0.15) is 5.10 Å². The summed E-state index contributed by atoms with van der Waals surface area (Å²) in [4.78, 5) is 11.9. The third-order valence-corrected chi connectivity index (χ3v) is 2.63. The highest BCUT2D eigenvalue weighted by molar-refractivity contribution is 6.07. The average Bonchev–Trinajstić information content (AvgIpc) is 2.79. The van der Waals surface area contributed by atoms with Gasteiger partial charge in [-0.25, -0.2) is 4.39 Å². The SMILES string of the molecule is CCc1cn[nH]c1NC(=O)c1cccc(F)c1N. The molecular weight excluding hydrogens is 235 g/mol. The predicted molar refractivity (Wildman–Crippen MR) is 66.7 cm³/mol. The molecule has 0 unspecified atom stereocenters. The Hall–Kier alpha value is -2.37. The standard InChI is InChI=1S/C12H13FN4O/c1-2-7-6-15-17-11(7)16-12(18)8-4-3-5-9(13)10(8)14/h3-6H,2,14H2,1H3,(H2,15,16,17,18). The van der Waals surface area contributed by atoms with E-state index in [4.69, 9.17) is 5.73 Å². The molecule has 0 spiro atoms. The lowest BCUT2D eigenvalue weighted by atomic mass is 10.1. The fourth-order valence-corrected chi connectivity index (χ4v) is 1.60. The van der Waals surface area contributed by atoms with Gasteiger partial charge < -0.3 is 11.1 Å². The summed E-state index contributed by atoms with van der Waals surface area (Å²) in [6, 6.07) is 4.11. The van der Waals surface area contributed by atoms with Crippen molar-refractivity contribution in [2.75, 3.05) is 11.1 Å². The van der Waals surface area contributed by atoms with Crippen molar-refractivity contribution in [2.24, 2.45) is 0 Å². The van der Waals surface area contributed by atoms with Gasteiger partial charge in [0, 0.05) is 5.56 Å². The van der Waals surface area contributed by atoms with Gasteiger partial charge in [0.15, 0.2) is 0 Å². The zero-order chi connectivity index (χ0) is 13.1. The molecule has 0 fully saturated rings. The fraction of sp³-hybridized carbons (Fsp3) is 0.167. The minimum atomic E-state index is -0.608. The first-order valence-corrected chi connectivity index (χ1v) is 5.51. The van der Waals surface area contributed by atoms with Crippen LogP contribution in [0, 0.1) is 5.82 Å². The molecule has 0 atom stereocenters. The van der Waals surface area contributed by atoms with Crippen LogP contribution >= 0.6 is 0 Å². The molecule has 0 radical (unpaired) electrons. The topological polar surface area (TPSA) is 83.8 Å². The Morgan fingerprint density at radius 2 is 2.33 bits per heavy atom. The Morgan fingerprint density at radius 1 is 1.56 bits per heavy atom. The molecule has 0 aliphatic carbocycles. The summed E-state index contributed by atoms with van der Waals surface area (Å²) in [6.07, 6.45) is 2.36. The molecule has 0 bridgehead atoms. The van der Waals surface area contributed by atoms with Crippen molar-refractivity contribution < 1.29 is 9.18 Å². The maximum Gasteiger partial charge on any atom is 0.259 e. The third-order valence-electron chi connectivity index (χ3n) is 2.63. The monoisotopic (exact) mass is 248 g/mol. The van der Waals surface area contributed by atoms with Crippen molar-refractivity contribution in [2.45, 2.75) is 13.3 Å². The maximum atomic E-state index is 13.2. The molecule has 5 nitrogen and oxygen atoms in total. The van der Waals surface area contributed by atoms with Crippen molar-refractivity contribution >= 4 is 17.4 Å². The highest BCUT2D eigenvalue weighted by Gasteiger charge is 2.14. The van der Waals surface area contributed by atoms with E-state index < -0.39 is 11.7 Å². The quantitative estimate of drug-likeness (QED) is 0.726. The number of anilines is 2. The van der Waals surface area contributed by atoms with Gasteiger partial charge in [0.25, 0.3) is 5.91 Å². The van der Waals surface area contributed by atoms with E-state index in [-0.39, 0.29) is 11.3 Å². The molecule has 4 N–H and O–H groups in total. The Balaban J connectivity index is 2.25. The number of carbonyl (C=O) groups excluding carboxylic acids is 1. The Kier molecular flexibility index (Phi) is 3.27. The van der Waals surface area contributed by atoms with E-state index in [2.05, 4.69) is 15.5 Å². The zero-order valence-electron chi connectivity index (χ0n) is 9.83. The Bertz CT molecular complexity index is 579. The van der Waals surface area contributed by atoms with Crippen molar-refractivity contribution in [1.82, 2.24) is 10.2 Å². The minimum Gasteiger partial charge on any atom is -0.396 e. The molecule has 94 valence electrons. The predicted octanol–water partition coefficient (Wildman–Crippen LogP) is 1.95. The van der Waals surface area contributed by atoms with Gasteiger partial charge in [-0.1, -0.05) is 13.0 Å². The lowest BCUT2D eigenvalue weighted by Gasteiger charge is -2.07. The molecule has 2 aromatic rings. The van der Waals surface area contributed by atoms with Gasteiger partial charge in [-0.15, -0.1) is 0 Å². The Labute approximate surface area is 103 Å². The number of nitrogens with two attached hydrogens (primary N) is 1. The zero-order valence-corrected chi connectivity index (χ0v) is 9.83. The number of halogens is 1. The van der Waals surface area contributed by atoms with Crippen LogP contribution in [0.4, 0.5) is 15.9 Å². The molecule has 1 aromatic heterocycles. The summed E-state index contributed by atoms with van der Waals surface area (Å²) >= 11 is 0. The van der Waals surface area contributed by atoms with E-state index in [1.54, 1.807) is 6.20 Å². The summed E-state index contributed by atoms with van der Waals surface area (Å²) in [5, 5.41) is 9.13. The van der Waals surface area contributed by atoms with Crippen LogP contribution in [0.3, 0.4) is 0 Å². The number of carbonyl (C=O) groups is 1. The molecule has 0 aliphatic rings. The normalized spacial score (nSPS) is 10.3. The van der Waals surface area contributed by atoms with Crippen LogP contribution in [-0.4, -0.2) is 16.1 Å². The van der Waals surface area contributed by atoms with E-state index >= 15 is 0 Å². The molecule has 0 saturated carbocycles. The molecule has 0 saturated heterocycles. The smallest absolute Gasteiger partial charge is 0.259 e. The molecular formula is C12H13FN4O. The lowest BCUT2D eigenvalue weighted by Crippen LogP contribution is -2.15. The van der Waals surface area contributed by atoms with Crippen LogP contribution in [0.2, 0.25) is 0 Å². The number of nitrogens with one attached hydrogen (secondary N) is 2. The molecule has 1 heterocycles. The number of aromatic amines is 1. The molecule has 1 amide bonds. The molecule has 1 aromatic carbocycles. The van der Waals surface area contributed by atoms with Crippen LogP contribution in [0.5, 0.6) is 0 Å². The van der Waals surface area contributed by atoms with Crippen molar-refractivity contribution in [1.29, 1.82) is 0 Å². The number of H-pyrrole nitrogens is 1. The van der Waals surface area contributed by atoms with Gasteiger partial charge in [0.2, 0.25) is 0 Å². The van der Waals surface area contributed by atoms with Crippen LogP contribution in [0.1, 0.15) is 22.8 Å². The number of nitrogens with zero attached hydrogens (tertiary/aromatic N) is 1. The first-order chi connectivity index (χ1) is 8.63. The number of aromatic nitrogens is 2. The van der Waals surface area contributed by atoms with Gasteiger partial charge in [0.05, 0.1) is 17.4 Å². The number of aryl methyl sites for hydroxylation is 1. The summed E-state index contributed by atoms with van der Waals surface area (Å²) in [5.41, 5.74) is 6.34. The largest absolute Gasteiger partial charge is 0.396 e. The molecule has 6 heteroatoms.